The molecule has 142 valence electrons. The molecule has 0 radical (unpaired) electrons. The fourth-order valence-electron chi connectivity index (χ4n) is 2.51. The van der Waals surface area contributed by atoms with Crippen LogP contribution in [-0.2, 0) is 11.2 Å². The van der Waals surface area contributed by atoms with E-state index in [4.69, 9.17) is 19.3 Å². The first-order valence-electron chi connectivity index (χ1n) is 7.95. The highest BCUT2D eigenvalue weighted by Gasteiger charge is 2.13. The molecule has 0 aliphatic rings. The van der Waals surface area contributed by atoms with Crippen LogP contribution in [0.4, 0.5) is 0 Å². The average molecular weight is 372 g/mol. The zero-order chi connectivity index (χ0) is 20.0. The number of hydrogen-bond acceptors (Lipinski definition) is 6. The predicted octanol–water partition coefficient (Wildman–Crippen LogP) is 2.94. The molecule has 0 saturated carbocycles. The summed E-state index contributed by atoms with van der Waals surface area (Å²) in [4.78, 5) is 23.2. The molecule has 0 heterocycles. The second kappa shape index (κ2) is 8.75. The first-order chi connectivity index (χ1) is 12.9. The predicted molar refractivity (Wildman–Crippen MR) is 98.9 cm³/mol. The van der Waals surface area contributed by atoms with Crippen molar-refractivity contribution in [2.75, 3.05) is 21.3 Å². The third kappa shape index (κ3) is 4.78. The summed E-state index contributed by atoms with van der Waals surface area (Å²) < 4.78 is 15.8. The molecular weight excluding hydrogens is 352 g/mol. The SMILES string of the molecule is COc1cc(/C=C/C(=O)c2ccc(O)c(CC(=O)O)c2)cc(OC)c1OC. The van der Waals surface area contributed by atoms with Crippen molar-refractivity contribution in [3.8, 4) is 23.0 Å². The molecule has 2 N–H and O–H groups in total. The third-order valence-electron chi connectivity index (χ3n) is 3.82. The van der Waals surface area contributed by atoms with Gasteiger partial charge >= 0.3 is 5.97 Å². The quantitative estimate of drug-likeness (QED) is 0.542. The number of hydrogen-bond donors (Lipinski definition) is 2. The van der Waals surface area contributed by atoms with Gasteiger partial charge in [-0.05, 0) is 42.0 Å². The molecule has 7 heteroatoms. The number of methoxy groups -OCH3 is 3. The lowest BCUT2D eigenvalue weighted by Gasteiger charge is -2.12. The summed E-state index contributed by atoms with van der Waals surface area (Å²) in [6.45, 7) is 0. The summed E-state index contributed by atoms with van der Waals surface area (Å²) in [6.07, 6.45) is 2.55. The molecule has 7 nitrogen and oxygen atoms in total. The molecule has 2 aromatic carbocycles. The van der Waals surface area contributed by atoms with E-state index < -0.39 is 5.97 Å². The van der Waals surface area contributed by atoms with Gasteiger partial charge in [0, 0.05) is 11.1 Å². The highest BCUT2D eigenvalue weighted by molar-refractivity contribution is 6.07. The van der Waals surface area contributed by atoms with Gasteiger partial charge in [0.15, 0.2) is 17.3 Å². The van der Waals surface area contributed by atoms with Crippen molar-refractivity contribution in [3.05, 3.63) is 53.1 Å². The van der Waals surface area contributed by atoms with Gasteiger partial charge in [-0.15, -0.1) is 0 Å². The zero-order valence-electron chi connectivity index (χ0n) is 15.2. The number of benzene rings is 2. The Morgan fingerprint density at radius 3 is 2.15 bits per heavy atom. The summed E-state index contributed by atoms with van der Waals surface area (Å²) in [6, 6.07) is 7.49. The number of aliphatic carboxylic acids is 1. The van der Waals surface area contributed by atoms with E-state index in [0.29, 0.717) is 22.8 Å². The van der Waals surface area contributed by atoms with Crippen LogP contribution in [-0.4, -0.2) is 43.3 Å². The number of phenolic OH excluding ortho intramolecular Hbond substituents is 1. The smallest absolute Gasteiger partial charge is 0.307 e. The molecule has 2 aromatic rings. The fourth-order valence-corrected chi connectivity index (χ4v) is 2.51. The Balaban J connectivity index is 2.30. The summed E-state index contributed by atoms with van der Waals surface area (Å²) >= 11 is 0. The second-order valence-electron chi connectivity index (χ2n) is 5.57. The minimum absolute atomic E-state index is 0.164. The van der Waals surface area contributed by atoms with Crippen molar-refractivity contribution in [1.29, 1.82) is 0 Å². The van der Waals surface area contributed by atoms with Crippen molar-refractivity contribution in [3.63, 3.8) is 0 Å². The molecule has 0 aliphatic carbocycles. The van der Waals surface area contributed by atoms with Crippen LogP contribution in [0.3, 0.4) is 0 Å². The van der Waals surface area contributed by atoms with Crippen LogP contribution in [0, 0.1) is 0 Å². The number of ketones is 1. The highest BCUT2D eigenvalue weighted by atomic mass is 16.5. The molecule has 0 fully saturated rings. The summed E-state index contributed by atoms with van der Waals surface area (Å²) in [5.41, 5.74) is 1.10. The molecule has 0 saturated heterocycles. The van der Waals surface area contributed by atoms with E-state index in [1.807, 2.05) is 0 Å². The van der Waals surface area contributed by atoms with Gasteiger partial charge in [0.05, 0.1) is 27.8 Å². The number of carboxylic acids is 1. The maximum absolute atomic E-state index is 12.4. The fraction of sp³-hybridized carbons (Fsp3) is 0.200. The summed E-state index contributed by atoms with van der Waals surface area (Å²) in [5.74, 6) is -0.240. The number of aromatic hydroxyl groups is 1. The van der Waals surface area contributed by atoms with Gasteiger partial charge in [-0.1, -0.05) is 6.08 Å². The van der Waals surface area contributed by atoms with E-state index in [9.17, 15) is 14.7 Å². The van der Waals surface area contributed by atoms with E-state index in [0.717, 1.165) is 0 Å². The Bertz CT molecular complexity index is 859. The van der Waals surface area contributed by atoms with Gasteiger partial charge in [0.1, 0.15) is 5.75 Å². The monoisotopic (exact) mass is 372 g/mol. The Morgan fingerprint density at radius 1 is 1.00 bits per heavy atom. The number of carbonyl (C=O) groups excluding carboxylic acids is 1. The van der Waals surface area contributed by atoms with Gasteiger partial charge in [0.25, 0.3) is 0 Å². The van der Waals surface area contributed by atoms with Crippen molar-refractivity contribution < 1.29 is 34.0 Å². The van der Waals surface area contributed by atoms with E-state index in [1.54, 1.807) is 18.2 Å². The van der Waals surface area contributed by atoms with E-state index in [-0.39, 0.29) is 29.1 Å². The molecule has 0 spiro atoms. The van der Waals surface area contributed by atoms with Gasteiger partial charge in [-0.3, -0.25) is 9.59 Å². The lowest BCUT2D eigenvalue weighted by molar-refractivity contribution is -0.136. The molecule has 0 amide bonds. The Kier molecular flexibility index (Phi) is 6.43. The number of rotatable bonds is 8. The van der Waals surface area contributed by atoms with Crippen molar-refractivity contribution in [2.45, 2.75) is 6.42 Å². The zero-order valence-corrected chi connectivity index (χ0v) is 15.2. The number of carbonyl (C=O) groups is 2. The van der Waals surface area contributed by atoms with E-state index >= 15 is 0 Å². The lowest BCUT2D eigenvalue weighted by atomic mass is 10.0. The van der Waals surface area contributed by atoms with Crippen LogP contribution in [0.1, 0.15) is 21.5 Å². The Morgan fingerprint density at radius 2 is 1.63 bits per heavy atom. The van der Waals surface area contributed by atoms with Crippen LogP contribution in [0.25, 0.3) is 6.08 Å². The first-order valence-corrected chi connectivity index (χ1v) is 7.95. The van der Waals surface area contributed by atoms with Crippen LogP contribution < -0.4 is 14.2 Å². The van der Waals surface area contributed by atoms with Crippen molar-refractivity contribution >= 4 is 17.8 Å². The normalized spacial score (nSPS) is 10.6. The van der Waals surface area contributed by atoms with Gasteiger partial charge < -0.3 is 24.4 Å². The maximum Gasteiger partial charge on any atom is 0.307 e. The molecule has 27 heavy (non-hydrogen) atoms. The van der Waals surface area contributed by atoms with E-state index in [1.165, 1.54) is 45.6 Å². The van der Waals surface area contributed by atoms with Gasteiger partial charge in [-0.2, -0.15) is 0 Å². The Labute approximate surface area is 156 Å². The number of carboxylic acid groups (broad SMARTS) is 1. The molecule has 0 atom stereocenters. The Hall–Kier alpha value is -3.48. The first kappa shape index (κ1) is 19.8. The molecule has 0 aliphatic heterocycles. The number of allylic oxidation sites excluding steroid dienone is 1. The summed E-state index contributed by atoms with van der Waals surface area (Å²) in [5, 5.41) is 18.6. The highest BCUT2D eigenvalue weighted by Crippen LogP contribution is 2.38. The molecule has 0 unspecified atom stereocenters. The minimum Gasteiger partial charge on any atom is -0.508 e. The minimum atomic E-state index is -1.09. The third-order valence-corrected chi connectivity index (χ3v) is 3.82. The number of ether oxygens (including phenoxy) is 3. The van der Waals surface area contributed by atoms with Crippen LogP contribution in [0.2, 0.25) is 0 Å². The second-order valence-corrected chi connectivity index (χ2v) is 5.57. The lowest BCUT2D eigenvalue weighted by Crippen LogP contribution is -2.02. The average Bonchev–Trinajstić information content (AvgIpc) is 2.66. The molecular formula is C20H20O7. The summed E-state index contributed by atoms with van der Waals surface area (Å²) in [7, 11) is 4.49. The van der Waals surface area contributed by atoms with Crippen molar-refractivity contribution in [1.82, 2.24) is 0 Å². The van der Waals surface area contributed by atoms with E-state index in [2.05, 4.69) is 0 Å². The van der Waals surface area contributed by atoms with Crippen LogP contribution in [0.15, 0.2) is 36.4 Å². The molecule has 0 bridgehead atoms. The maximum atomic E-state index is 12.4. The molecule has 0 aromatic heterocycles. The topological polar surface area (TPSA) is 102 Å². The van der Waals surface area contributed by atoms with Crippen molar-refractivity contribution in [2.24, 2.45) is 0 Å². The van der Waals surface area contributed by atoms with Crippen LogP contribution in [0.5, 0.6) is 23.0 Å². The largest absolute Gasteiger partial charge is 0.508 e. The van der Waals surface area contributed by atoms with Crippen LogP contribution >= 0.6 is 0 Å². The molecule has 2 rings (SSSR count). The standard InChI is InChI=1S/C20H20O7/c1-25-17-8-12(9-18(26-2)20(17)27-3)4-6-15(21)13-5-7-16(22)14(10-13)11-19(23)24/h4-10,22H,11H2,1-3H3,(H,23,24)/b6-4+. The number of phenols is 1. The van der Waals surface area contributed by atoms with Gasteiger partial charge in [-0.25, -0.2) is 0 Å². The van der Waals surface area contributed by atoms with Gasteiger partial charge in [0.2, 0.25) is 5.75 Å².